The van der Waals surface area contributed by atoms with Gasteiger partial charge in [-0.25, -0.2) is 0 Å². The van der Waals surface area contributed by atoms with E-state index in [0.717, 1.165) is 36.6 Å². The molecule has 0 radical (unpaired) electrons. The van der Waals surface area contributed by atoms with Gasteiger partial charge < -0.3 is 15.2 Å². The first-order valence-corrected chi connectivity index (χ1v) is 7.29. The van der Waals surface area contributed by atoms with Crippen molar-refractivity contribution in [1.82, 2.24) is 0 Å². The van der Waals surface area contributed by atoms with E-state index in [1.165, 1.54) is 0 Å². The first-order valence-electron chi connectivity index (χ1n) is 6.91. The average Bonchev–Trinajstić information content (AvgIpc) is 2.92. The van der Waals surface area contributed by atoms with Gasteiger partial charge in [0.1, 0.15) is 0 Å². The summed E-state index contributed by atoms with van der Waals surface area (Å²) in [5, 5.41) is 0.721. The molecule has 0 aromatic heterocycles. The summed E-state index contributed by atoms with van der Waals surface area (Å²) in [4.78, 5) is 0. The fourth-order valence-corrected chi connectivity index (χ4v) is 2.52. The molecule has 19 heavy (non-hydrogen) atoms. The van der Waals surface area contributed by atoms with Crippen LogP contribution in [0.4, 0.5) is 0 Å². The molecule has 1 fully saturated rings. The van der Waals surface area contributed by atoms with Crippen molar-refractivity contribution in [2.24, 2.45) is 11.7 Å². The van der Waals surface area contributed by atoms with Gasteiger partial charge in [0.05, 0.1) is 19.3 Å². The van der Waals surface area contributed by atoms with E-state index in [9.17, 15) is 0 Å². The van der Waals surface area contributed by atoms with Gasteiger partial charge in [0.25, 0.3) is 0 Å². The molecule has 4 heteroatoms. The molecule has 1 aliphatic rings. The molecule has 2 N–H and O–H groups in total. The van der Waals surface area contributed by atoms with Gasteiger partial charge in [0.15, 0.2) is 0 Å². The van der Waals surface area contributed by atoms with Crippen molar-refractivity contribution in [2.45, 2.75) is 31.9 Å². The van der Waals surface area contributed by atoms with Gasteiger partial charge in [-0.1, -0.05) is 30.7 Å². The highest BCUT2D eigenvalue weighted by Crippen LogP contribution is 2.26. The number of rotatable bonds is 6. The predicted molar refractivity (Wildman–Crippen MR) is 77.3 cm³/mol. The van der Waals surface area contributed by atoms with E-state index in [0.29, 0.717) is 12.5 Å². The van der Waals surface area contributed by atoms with Crippen LogP contribution in [0.2, 0.25) is 5.02 Å². The van der Waals surface area contributed by atoms with E-state index in [1.807, 2.05) is 24.3 Å². The molecule has 1 heterocycles. The lowest BCUT2D eigenvalue weighted by Crippen LogP contribution is -2.31. The maximum Gasteiger partial charge on any atom is 0.0976 e. The molecule has 3 atom stereocenters. The molecule has 1 saturated heterocycles. The molecule has 106 valence electrons. The van der Waals surface area contributed by atoms with E-state index in [2.05, 4.69) is 6.92 Å². The highest BCUT2D eigenvalue weighted by Gasteiger charge is 2.23. The Labute approximate surface area is 120 Å². The number of nitrogens with two attached hydrogens (primary N) is 1. The molecule has 0 saturated carbocycles. The van der Waals surface area contributed by atoms with Gasteiger partial charge >= 0.3 is 0 Å². The highest BCUT2D eigenvalue weighted by atomic mass is 35.5. The third-order valence-electron chi connectivity index (χ3n) is 3.57. The van der Waals surface area contributed by atoms with Crippen molar-refractivity contribution in [3.05, 3.63) is 34.9 Å². The van der Waals surface area contributed by atoms with Crippen LogP contribution in [0.3, 0.4) is 0 Å². The molecule has 1 aromatic rings. The Kier molecular flexibility index (Phi) is 5.64. The highest BCUT2D eigenvalue weighted by molar-refractivity contribution is 6.30. The second-order valence-electron chi connectivity index (χ2n) is 5.11. The summed E-state index contributed by atoms with van der Waals surface area (Å²) in [6.45, 7) is 4.41. The van der Waals surface area contributed by atoms with Crippen LogP contribution in [0.5, 0.6) is 0 Å². The van der Waals surface area contributed by atoms with Crippen LogP contribution >= 0.6 is 11.6 Å². The van der Waals surface area contributed by atoms with Crippen molar-refractivity contribution in [2.75, 3.05) is 19.8 Å². The van der Waals surface area contributed by atoms with E-state index >= 15 is 0 Å². The quantitative estimate of drug-likeness (QED) is 0.872. The Hall–Kier alpha value is -0.610. The van der Waals surface area contributed by atoms with Crippen LogP contribution < -0.4 is 5.73 Å². The number of ether oxygens (including phenoxy) is 2. The Morgan fingerprint density at radius 3 is 3.00 bits per heavy atom. The molecule has 3 nitrogen and oxygen atoms in total. The first-order chi connectivity index (χ1) is 9.20. The van der Waals surface area contributed by atoms with Crippen molar-refractivity contribution < 1.29 is 9.47 Å². The van der Waals surface area contributed by atoms with Gasteiger partial charge in [0, 0.05) is 23.6 Å². The second kappa shape index (κ2) is 7.25. The third-order valence-corrected chi connectivity index (χ3v) is 3.81. The summed E-state index contributed by atoms with van der Waals surface area (Å²) >= 11 is 6.05. The van der Waals surface area contributed by atoms with E-state index in [4.69, 9.17) is 26.8 Å². The smallest absolute Gasteiger partial charge is 0.0976 e. The number of hydrogen-bond acceptors (Lipinski definition) is 3. The first kappa shape index (κ1) is 14.8. The standard InChI is InChI=1S/C15H22ClNO2/c1-2-14(17)15(12-4-3-5-13(16)8-12)19-10-11-6-7-18-9-11/h3-5,8,11,14-15H,2,6-7,9-10,17H2,1H3. The lowest BCUT2D eigenvalue weighted by Gasteiger charge is -2.25. The van der Waals surface area contributed by atoms with Gasteiger partial charge in [-0.05, 0) is 30.5 Å². The maximum absolute atomic E-state index is 6.18. The topological polar surface area (TPSA) is 44.5 Å². The largest absolute Gasteiger partial charge is 0.381 e. The summed E-state index contributed by atoms with van der Waals surface area (Å²) in [5.74, 6) is 0.491. The zero-order chi connectivity index (χ0) is 13.7. The van der Waals surface area contributed by atoms with Crippen molar-refractivity contribution in [3.8, 4) is 0 Å². The van der Waals surface area contributed by atoms with E-state index < -0.39 is 0 Å². The summed E-state index contributed by atoms with van der Waals surface area (Å²) < 4.78 is 11.4. The molecule has 0 amide bonds. The summed E-state index contributed by atoms with van der Waals surface area (Å²) in [5.41, 5.74) is 7.24. The van der Waals surface area contributed by atoms with Crippen LogP contribution in [0, 0.1) is 5.92 Å². The summed E-state index contributed by atoms with van der Waals surface area (Å²) in [6, 6.07) is 7.75. The lowest BCUT2D eigenvalue weighted by atomic mass is 10.0. The van der Waals surface area contributed by atoms with E-state index in [1.54, 1.807) is 0 Å². The average molecular weight is 284 g/mol. The van der Waals surface area contributed by atoms with Gasteiger partial charge in [-0.3, -0.25) is 0 Å². The summed E-state index contributed by atoms with van der Waals surface area (Å²) in [7, 11) is 0. The fourth-order valence-electron chi connectivity index (χ4n) is 2.32. The molecule has 3 unspecified atom stereocenters. The predicted octanol–water partition coefficient (Wildman–Crippen LogP) is 3.17. The SMILES string of the molecule is CCC(N)C(OCC1CCOC1)c1cccc(Cl)c1. The Balaban J connectivity index is 2.02. The van der Waals surface area contributed by atoms with Crippen molar-refractivity contribution >= 4 is 11.6 Å². The van der Waals surface area contributed by atoms with Crippen molar-refractivity contribution in [1.29, 1.82) is 0 Å². The molecule has 0 aliphatic carbocycles. The van der Waals surface area contributed by atoms with Gasteiger partial charge in [-0.2, -0.15) is 0 Å². The molecule has 1 aliphatic heterocycles. The third kappa shape index (κ3) is 4.18. The Bertz CT molecular complexity index is 393. The summed E-state index contributed by atoms with van der Waals surface area (Å²) in [6.07, 6.45) is 1.85. The maximum atomic E-state index is 6.18. The molecule has 0 bridgehead atoms. The van der Waals surface area contributed by atoms with Crippen LogP contribution in [0.15, 0.2) is 24.3 Å². The molecule has 0 spiro atoms. The number of halogens is 1. The zero-order valence-electron chi connectivity index (χ0n) is 11.3. The van der Waals surface area contributed by atoms with Gasteiger partial charge in [0.2, 0.25) is 0 Å². The van der Waals surface area contributed by atoms with Crippen molar-refractivity contribution in [3.63, 3.8) is 0 Å². The molecule has 1 aromatic carbocycles. The Morgan fingerprint density at radius 2 is 2.37 bits per heavy atom. The number of hydrogen-bond donors (Lipinski definition) is 1. The second-order valence-corrected chi connectivity index (χ2v) is 5.55. The van der Waals surface area contributed by atoms with Crippen LogP contribution in [0.1, 0.15) is 31.4 Å². The van der Waals surface area contributed by atoms with Crippen LogP contribution in [-0.2, 0) is 9.47 Å². The van der Waals surface area contributed by atoms with Gasteiger partial charge in [-0.15, -0.1) is 0 Å². The fraction of sp³-hybridized carbons (Fsp3) is 0.600. The molecular weight excluding hydrogens is 262 g/mol. The Morgan fingerprint density at radius 1 is 1.53 bits per heavy atom. The molecule has 2 rings (SSSR count). The minimum absolute atomic E-state index is 0.0132. The number of benzene rings is 1. The minimum Gasteiger partial charge on any atom is -0.381 e. The normalized spacial score (nSPS) is 22.4. The minimum atomic E-state index is -0.0932. The lowest BCUT2D eigenvalue weighted by molar-refractivity contribution is 0.00949. The monoisotopic (exact) mass is 283 g/mol. The zero-order valence-corrected chi connectivity index (χ0v) is 12.1. The van der Waals surface area contributed by atoms with Crippen LogP contribution in [-0.4, -0.2) is 25.9 Å². The van der Waals surface area contributed by atoms with E-state index in [-0.39, 0.29) is 12.1 Å². The molecular formula is C15H22ClNO2. The van der Waals surface area contributed by atoms with Crippen LogP contribution in [0.25, 0.3) is 0 Å².